The molecule has 3 rings (SSSR count). The number of hydrogen-bond donors (Lipinski definition) is 1. The van der Waals surface area contributed by atoms with Gasteiger partial charge in [-0.3, -0.25) is 19.1 Å². The highest BCUT2D eigenvalue weighted by atomic mass is 16.5. The van der Waals surface area contributed by atoms with Crippen molar-refractivity contribution in [2.45, 2.75) is 19.8 Å². The molecule has 0 aliphatic heterocycles. The molecule has 0 unspecified atom stereocenters. The predicted octanol–water partition coefficient (Wildman–Crippen LogP) is 2.60. The molecule has 0 spiro atoms. The summed E-state index contributed by atoms with van der Waals surface area (Å²) in [5, 5.41) is 2.57. The third kappa shape index (κ3) is 4.82. The van der Waals surface area contributed by atoms with Crippen LogP contribution < -0.4 is 10.9 Å². The molecule has 29 heavy (non-hydrogen) atoms. The summed E-state index contributed by atoms with van der Waals surface area (Å²) >= 11 is 0. The Morgan fingerprint density at radius 3 is 2.28 bits per heavy atom. The molecule has 0 aliphatic rings. The molecule has 3 aromatic rings. The average Bonchev–Trinajstić information content (AvgIpc) is 2.95. The molecular formula is C22H23N3O4. The van der Waals surface area contributed by atoms with Gasteiger partial charge in [-0.1, -0.05) is 48.5 Å². The first-order valence-electron chi connectivity index (χ1n) is 9.31. The number of para-hydroxylation sites is 1. The Hall–Kier alpha value is -3.61. The number of aryl methyl sites for hydroxylation is 1. The summed E-state index contributed by atoms with van der Waals surface area (Å²) in [5.41, 5.74) is 2.13. The molecule has 0 saturated carbocycles. The average molecular weight is 393 g/mol. The van der Waals surface area contributed by atoms with Crippen molar-refractivity contribution in [3.8, 4) is 5.69 Å². The van der Waals surface area contributed by atoms with Gasteiger partial charge < -0.3 is 10.1 Å². The van der Waals surface area contributed by atoms with Crippen LogP contribution in [0.2, 0.25) is 0 Å². The number of amides is 1. The van der Waals surface area contributed by atoms with Gasteiger partial charge in [0.2, 0.25) is 0 Å². The largest absolute Gasteiger partial charge is 0.456 e. The second kappa shape index (κ2) is 9.05. The summed E-state index contributed by atoms with van der Waals surface area (Å²) in [6.07, 6.45) is 0.726. The van der Waals surface area contributed by atoms with E-state index in [0.29, 0.717) is 17.8 Å². The smallest absolute Gasteiger partial charge is 0.306 e. The Balaban J connectivity index is 1.60. The number of ether oxygens (including phenoxy) is 1. The Labute approximate surface area is 168 Å². The highest BCUT2D eigenvalue weighted by Crippen LogP contribution is 2.14. The van der Waals surface area contributed by atoms with Gasteiger partial charge in [-0.25, -0.2) is 4.68 Å². The summed E-state index contributed by atoms with van der Waals surface area (Å²) in [4.78, 5) is 36.8. The van der Waals surface area contributed by atoms with Gasteiger partial charge in [-0.05, 0) is 31.0 Å². The normalized spacial score (nSPS) is 10.6. The number of hydrogen-bond acceptors (Lipinski definition) is 4. The van der Waals surface area contributed by atoms with Gasteiger partial charge in [-0.15, -0.1) is 0 Å². The van der Waals surface area contributed by atoms with Gasteiger partial charge in [0, 0.05) is 13.5 Å². The predicted molar refractivity (Wildman–Crippen MR) is 110 cm³/mol. The third-order valence-electron chi connectivity index (χ3n) is 4.64. The number of rotatable bonds is 7. The van der Waals surface area contributed by atoms with Crippen molar-refractivity contribution in [3.05, 3.63) is 82.3 Å². The van der Waals surface area contributed by atoms with Gasteiger partial charge in [0.25, 0.3) is 11.5 Å². The third-order valence-corrected chi connectivity index (χ3v) is 4.64. The number of nitrogens with one attached hydrogen (secondary N) is 1. The molecule has 0 saturated heterocycles. The van der Waals surface area contributed by atoms with Crippen molar-refractivity contribution < 1.29 is 14.3 Å². The molecule has 0 bridgehead atoms. The quantitative estimate of drug-likeness (QED) is 0.626. The summed E-state index contributed by atoms with van der Waals surface area (Å²) in [6, 6.07) is 18.7. The number of carbonyl (C=O) groups is 2. The van der Waals surface area contributed by atoms with Crippen LogP contribution in [-0.2, 0) is 27.8 Å². The van der Waals surface area contributed by atoms with E-state index < -0.39 is 18.5 Å². The van der Waals surface area contributed by atoms with Crippen LogP contribution >= 0.6 is 0 Å². The van der Waals surface area contributed by atoms with Gasteiger partial charge in [0.05, 0.1) is 11.4 Å². The minimum Gasteiger partial charge on any atom is -0.456 e. The molecule has 2 aromatic carbocycles. The molecule has 0 aliphatic carbocycles. The molecule has 150 valence electrons. The maximum absolute atomic E-state index is 12.8. The zero-order valence-electron chi connectivity index (χ0n) is 16.4. The van der Waals surface area contributed by atoms with E-state index in [-0.39, 0.29) is 17.7 Å². The molecule has 7 heteroatoms. The van der Waals surface area contributed by atoms with Crippen LogP contribution in [0.15, 0.2) is 65.5 Å². The van der Waals surface area contributed by atoms with Crippen LogP contribution in [0.5, 0.6) is 0 Å². The molecule has 0 atom stereocenters. The van der Waals surface area contributed by atoms with Crippen molar-refractivity contribution in [1.82, 2.24) is 9.36 Å². The van der Waals surface area contributed by atoms with Crippen LogP contribution in [0.25, 0.3) is 5.69 Å². The van der Waals surface area contributed by atoms with Gasteiger partial charge >= 0.3 is 5.97 Å². The highest BCUT2D eigenvalue weighted by Gasteiger charge is 2.18. The maximum Gasteiger partial charge on any atom is 0.306 e. The molecule has 0 fully saturated rings. The topological polar surface area (TPSA) is 82.3 Å². The number of anilines is 1. The van der Waals surface area contributed by atoms with Crippen molar-refractivity contribution >= 4 is 17.6 Å². The molecule has 1 amide bonds. The summed E-state index contributed by atoms with van der Waals surface area (Å²) in [5.74, 6) is -1.01. The standard InChI is InChI=1S/C22H23N3O4/c1-16-21(22(28)25(24(16)2)18-11-7-4-8-12-18)23-19(26)15-29-20(27)14-13-17-9-5-3-6-10-17/h3-12H,13-15H2,1-2H3,(H,23,26). The second-order valence-corrected chi connectivity index (χ2v) is 6.63. The van der Waals surface area contributed by atoms with Gasteiger partial charge in [-0.2, -0.15) is 0 Å². The van der Waals surface area contributed by atoms with E-state index in [0.717, 1.165) is 5.56 Å². The van der Waals surface area contributed by atoms with Crippen molar-refractivity contribution in [1.29, 1.82) is 0 Å². The molecular weight excluding hydrogens is 370 g/mol. The van der Waals surface area contributed by atoms with Gasteiger partial charge in [0.15, 0.2) is 6.61 Å². The molecule has 7 nitrogen and oxygen atoms in total. The zero-order valence-corrected chi connectivity index (χ0v) is 16.4. The van der Waals surface area contributed by atoms with E-state index in [1.54, 1.807) is 30.8 Å². The van der Waals surface area contributed by atoms with Gasteiger partial charge in [0.1, 0.15) is 5.69 Å². The van der Waals surface area contributed by atoms with E-state index in [2.05, 4.69) is 5.32 Å². The second-order valence-electron chi connectivity index (χ2n) is 6.63. The lowest BCUT2D eigenvalue weighted by atomic mass is 10.1. The molecule has 1 N–H and O–H groups in total. The van der Waals surface area contributed by atoms with Crippen LogP contribution in [0, 0.1) is 6.92 Å². The van der Waals surface area contributed by atoms with E-state index >= 15 is 0 Å². The highest BCUT2D eigenvalue weighted by molar-refractivity contribution is 5.93. The number of benzene rings is 2. The fraction of sp³-hybridized carbons (Fsp3) is 0.227. The Morgan fingerprint density at radius 2 is 1.62 bits per heavy atom. The lowest BCUT2D eigenvalue weighted by Gasteiger charge is -2.07. The van der Waals surface area contributed by atoms with Crippen molar-refractivity contribution in [3.63, 3.8) is 0 Å². The van der Waals surface area contributed by atoms with Crippen molar-refractivity contribution in [2.75, 3.05) is 11.9 Å². The van der Waals surface area contributed by atoms with Crippen LogP contribution in [0.3, 0.4) is 0 Å². The van der Waals surface area contributed by atoms with Crippen LogP contribution in [0.4, 0.5) is 5.69 Å². The first-order valence-corrected chi connectivity index (χ1v) is 9.31. The monoisotopic (exact) mass is 393 g/mol. The first kappa shape index (κ1) is 20.1. The minimum atomic E-state index is -0.552. The number of aromatic nitrogens is 2. The number of nitrogens with zero attached hydrogens (tertiary/aromatic N) is 2. The molecule has 0 radical (unpaired) electrons. The Morgan fingerprint density at radius 1 is 1.00 bits per heavy atom. The maximum atomic E-state index is 12.8. The first-order chi connectivity index (χ1) is 14.0. The van der Waals surface area contributed by atoms with E-state index in [1.165, 1.54) is 4.68 Å². The number of carbonyl (C=O) groups excluding carboxylic acids is 2. The fourth-order valence-corrected chi connectivity index (χ4v) is 3.00. The summed E-state index contributed by atoms with van der Waals surface area (Å²) < 4.78 is 8.17. The van der Waals surface area contributed by atoms with E-state index in [1.807, 2.05) is 48.5 Å². The zero-order chi connectivity index (χ0) is 20.8. The lowest BCUT2D eigenvalue weighted by Crippen LogP contribution is -2.25. The summed E-state index contributed by atoms with van der Waals surface area (Å²) in [7, 11) is 1.74. The van der Waals surface area contributed by atoms with Crippen molar-refractivity contribution in [2.24, 2.45) is 7.05 Å². The Bertz CT molecular complexity index is 1050. The lowest BCUT2D eigenvalue weighted by molar-refractivity contribution is -0.147. The van der Waals surface area contributed by atoms with Crippen LogP contribution in [-0.4, -0.2) is 27.8 Å². The van der Waals surface area contributed by atoms with E-state index in [4.69, 9.17) is 4.74 Å². The molecule has 1 heterocycles. The fourth-order valence-electron chi connectivity index (χ4n) is 3.00. The minimum absolute atomic E-state index is 0.168. The SMILES string of the molecule is Cc1c(NC(=O)COC(=O)CCc2ccccc2)c(=O)n(-c2ccccc2)n1C. The Kier molecular flexibility index (Phi) is 6.29. The molecule has 1 aromatic heterocycles. The van der Waals surface area contributed by atoms with Crippen LogP contribution in [0.1, 0.15) is 17.7 Å². The summed E-state index contributed by atoms with van der Waals surface area (Å²) in [6.45, 7) is 1.30. The van der Waals surface area contributed by atoms with E-state index in [9.17, 15) is 14.4 Å². The number of esters is 1.